The number of sulfonamides is 1. The van der Waals surface area contributed by atoms with E-state index >= 15 is 4.39 Å². The van der Waals surface area contributed by atoms with Gasteiger partial charge < -0.3 is 39.4 Å². The Hall–Kier alpha value is -5.86. The molecule has 1 spiro atoms. The summed E-state index contributed by atoms with van der Waals surface area (Å²) < 4.78 is 65.2. The predicted molar refractivity (Wildman–Crippen MR) is 284 cm³/mol. The molecule has 11 rings (SSSR count). The molecule has 0 radical (unpaired) electrons. The Bertz CT molecular complexity index is 3100. The van der Waals surface area contributed by atoms with Crippen molar-refractivity contribution in [2.45, 2.75) is 139 Å². The van der Waals surface area contributed by atoms with Crippen molar-refractivity contribution >= 4 is 55.4 Å². The number of nitro benzene ring substituents is 1. The lowest BCUT2D eigenvalue weighted by Gasteiger charge is -2.57. The lowest BCUT2D eigenvalue weighted by atomic mass is 9.59. The highest BCUT2D eigenvalue weighted by Gasteiger charge is 2.52. The van der Waals surface area contributed by atoms with Crippen LogP contribution in [0.3, 0.4) is 0 Å². The third-order valence-corrected chi connectivity index (χ3v) is 18.7. The van der Waals surface area contributed by atoms with Gasteiger partial charge in [-0.25, -0.2) is 17.5 Å². The van der Waals surface area contributed by atoms with Crippen LogP contribution in [-0.2, 0) is 19.5 Å². The minimum Gasteiger partial charge on any atom is -0.468 e. The van der Waals surface area contributed by atoms with Gasteiger partial charge in [0, 0.05) is 56.8 Å². The van der Waals surface area contributed by atoms with E-state index in [1.54, 1.807) is 19.1 Å². The van der Waals surface area contributed by atoms with E-state index in [4.69, 9.17) is 19.2 Å². The number of fused-ring (bicyclic) bond motifs is 3. The van der Waals surface area contributed by atoms with Gasteiger partial charge in [0.25, 0.3) is 21.6 Å². The molecule has 3 atom stereocenters. The summed E-state index contributed by atoms with van der Waals surface area (Å²) in [5, 5.41) is 26.2. The number of aliphatic hydroxyl groups is 1. The molecule has 75 heavy (non-hydrogen) atoms. The number of aromatic nitrogens is 2. The number of rotatable bonds is 12. The number of piperidine rings is 1. The number of hydrogen-bond donors (Lipinski definition) is 4. The number of pyridine rings is 1. The van der Waals surface area contributed by atoms with Crippen LogP contribution in [0.4, 0.5) is 32.8 Å². The number of H-pyrrole nitrogens is 1. The zero-order chi connectivity index (χ0) is 52.6. The van der Waals surface area contributed by atoms with Crippen LogP contribution in [0.25, 0.3) is 11.0 Å². The largest absolute Gasteiger partial charge is 0.468 e. The van der Waals surface area contributed by atoms with Crippen LogP contribution in [0.2, 0.25) is 0 Å². The van der Waals surface area contributed by atoms with Crippen LogP contribution in [0, 0.1) is 27.3 Å². The van der Waals surface area contributed by atoms with Gasteiger partial charge in [-0.2, -0.15) is 4.98 Å². The molecule has 3 aromatic carbocycles. The average Bonchev–Trinajstić information content (AvgIpc) is 3.77. The van der Waals surface area contributed by atoms with Gasteiger partial charge >= 0.3 is 0 Å². The van der Waals surface area contributed by atoms with E-state index in [2.05, 4.69) is 62.9 Å². The Morgan fingerprint density at radius 2 is 1.73 bits per heavy atom. The molecule has 1 amide bonds. The number of ether oxygens (including phenoxy) is 3. The molecule has 400 valence electrons. The topological polar surface area (TPSA) is 205 Å². The van der Waals surface area contributed by atoms with E-state index in [1.165, 1.54) is 29.5 Å². The van der Waals surface area contributed by atoms with Crippen molar-refractivity contribution in [3.63, 3.8) is 0 Å². The van der Waals surface area contributed by atoms with Crippen LogP contribution < -0.4 is 24.6 Å². The van der Waals surface area contributed by atoms with Gasteiger partial charge in [0.1, 0.15) is 34.5 Å². The van der Waals surface area contributed by atoms with Crippen LogP contribution in [0.1, 0.15) is 126 Å². The van der Waals surface area contributed by atoms with Gasteiger partial charge in [-0.3, -0.25) is 19.8 Å². The second-order valence-electron chi connectivity index (χ2n) is 23.1. The van der Waals surface area contributed by atoms with E-state index in [0.29, 0.717) is 62.4 Å². The first kappa shape index (κ1) is 51.3. The molecule has 4 N–H and O–H groups in total. The van der Waals surface area contributed by atoms with Crippen molar-refractivity contribution in [3.05, 3.63) is 106 Å². The summed E-state index contributed by atoms with van der Waals surface area (Å²) in [5.41, 5.74) is 2.97. The number of nitrogens with one attached hydrogen (secondary N) is 3. The van der Waals surface area contributed by atoms with E-state index < -0.39 is 60.6 Å². The van der Waals surface area contributed by atoms with E-state index in [0.717, 1.165) is 76.5 Å². The number of hydrogen-bond acceptors (Lipinski definition) is 14. The normalized spacial score (nSPS) is 25.8. The Labute approximate surface area is 437 Å². The first-order chi connectivity index (χ1) is 35.8. The van der Waals surface area contributed by atoms with Crippen molar-refractivity contribution in [2.75, 3.05) is 61.1 Å². The average molecular weight is 1050 g/mol. The fourth-order valence-electron chi connectivity index (χ4n) is 13.0. The molecule has 5 fully saturated rings. The van der Waals surface area contributed by atoms with Gasteiger partial charge in [-0.1, -0.05) is 38.1 Å². The van der Waals surface area contributed by atoms with Gasteiger partial charge in [-0.15, -0.1) is 0 Å². The van der Waals surface area contributed by atoms with Crippen LogP contribution in [-0.4, -0.2) is 115 Å². The first-order valence-corrected chi connectivity index (χ1v) is 28.2. The van der Waals surface area contributed by atoms with Crippen molar-refractivity contribution in [2.24, 2.45) is 11.3 Å². The molecule has 4 aliphatic heterocycles. The van der Waals surface area contributed by atoms with Crippen LogP contribution in [0.15, 0.2) is 77.8 Å². The standard InChI is InChI=1S/C56H69FN8O9S/c1-34(2)39-8-6-7-9-40(39)49-33-72-25-23-63(49)37-29-56(30-37)19-21-62(22-20-56)36-10-12-41(46(26-36)64-45-16-24-73-54(3,4)50(45)74-53-48(64)28-42-43(57)32-59-51(42)60-53)52(66)61-75(70,71)38-11-13-44(47(27-38)65(68)69)58-31-35-14-17-55(5,67)18-15-35/h6-13,26-28,32,34-35,37,45,49-50,58,67H,14-25,29-31,33H2,1-5H3,(H,59,60)(H,61,66)/t35?,45-,49-,50+,55?/m0/s1. The number of aromatic amines is 1. The molecule has 2 aliphatic carbocycles. The highest BCUT2D eigenvalue weighted by Crippen LogP contribution is 2.54. The fraction of sp³-hybridized carbons (Fsp3) is 0.536. The zero-order valence-corrected chi connectivity index (χ0v) is 44.3. The third-order valence-electron chi connectivity index (χ3n) is 17.4. The molecular formula is C56H69FN8O9S. The number of nitro groups is 1. The number of nitrogens with zero attached hydrogens (tertiary/aromatic N) is 5. The van der Waals surface area contributed by atoms with Gasteiger partial charge in [0.15, 0.2) is 0 Å². The second-order valence-corrected chi connectivity index (χ2v) is 24.8. The molecule has 19 heteroatoms. The summed E-state index contributed by atoms with van der Waals surface area (Å²) in [6.07, 6.45) is 7.96. The minimum absolute atomic E-state index is 0.0153. The van der Waals surface area contributed by atoms with Gasteiger partial charge in [0.05, 0.1) is 57.4 Å². The number of carbonyl (C=O) groups is 1. The Balaban J connectivity index is 0.890. The molecule has 6 heterocycles. The second kappa shape index (κ2) is 19.6. The lowest BCUT2D eigenvalue weighted by molar-refractivity contribution is -0.384. The Morgan fingerprint density at radius 1 is 0.973 bits per heavy atom. The summed E-state index contributed by atoms with van der Waals surface area (Å²) in [5.74, 6) is -0.695. The molecule has 2 saturated carbocycles. The van der Waals surface area contributed by atoms with E-state index in [1.807, 2.05) is 30.9 Å². The quantitative estimate of drug-likeness (QED) is 0.0679. The summed E-state index contributed by atoms with van der Waals surface area (Å²) in [6.45, 7) is 14.8. The molecular weight excluding hydrogens is 980 g/mol. The molecule has 2 aromatic heterocycles. The highest BCUT2D eigenvalue weighted by molar-refractivity contribution is 7.90. The monoisotopic (exact) mass is 1050 g/mol. The molecule has 0 bridgehead atoms. The SMILES string of the molecule is CC(C)c1ccccc1[C@@H]1COCCN1C1CC2(CCN(c3ccc(C(=O)NS(=O)(=O)c4ccc(NCC5CCC(C)(O)CC5)c([N+](=O)[O-])c4)c(N4c5cc6c(F)c[nH]c6nc5O[C@@H]5[C@@H]4CCOC5(C)C)c3)CC2)C1. The number of carbonyl (C=O) groups excluding carboxylic acids is 1. The van der Waals surface area contributed by atoms with Gasteiger partial charge in [-0.05, 0) is 143 Å². The highest BCUT2D eigenvalue weighted by atomic mass is 32.2. The molecule has 0 unspecified atom stereocenters. The lowest BCUT2D eigenvalue weighted by Crippen LogP contribution is -2.61. The first-order valence-electron chi connectivity index (χ1n) is 26.7. The van der Waals surface area contributed by atoms with Gasteiger partial charge in [0.2, 0.25) is 5.88 Å². The van der Waals surface area contributed by atoms with Crippen molar-refractivity contribution in [1.82, 2.24) is 19.6 Å². The van der Waals surface area contributed by atoms with E-state index in [-0.39, 0.29) is 45.5 Å². The van der Waals surface area contributed by atoms with Crippen LogP contribution >= 0.6 is 0 Å². The minimum atomic E-state index is -4.69. The van der Waals surface area contributed by atoms with E-state index in [9.17, 15) is 28.4 Å². The molecule has 3 saturated heterocycles. The fourth-order valence-corrected chi connectivity index (χ4v) is 14.0. The summed E-state index contributed by atoms with van der Waals surface area (Å²) in [7, 11) is -4.69. The van der Waals surface area contributed by atoms with Crippen molar-refractivity contribution < 1.29 is 41.8 Å². The third kappa shape index (κ3) is 9.83. The maximum atomic E-state index is 15.4. The Kier molecular flexibility index (Phi) is 13.4. The Morgan fingerprint density at radius 3 is 2.48 bits per heavy atom. The van der Waals surface area contributed by atoms with Crippen LogP contribution in [0.5, 0.6) is 5.88 Å². The maximum Gasteiger partial charge on any atom is 0.293 e. The van der Waals surface area contributed by atoms with Crippen molar-refractivity contribution in [3.8, 4) is 5.88 Å². The number of benzene rings is 3. The molecule has 17 nitrogen and oxygen atoms in total. The summed E-state index contributed by atoms with van der Waals surface area (Å²) in [6, 6.07) is 19.6. The predicted octanol–water partition coefficient (Wildman–Crippen LogP) is 9.49. The number of morpholine rings is 1. The number of amides is 1. The number of halogens is 1. The smallest absolute Gasteiger partial charge is 0.293 e. The molecule has 5 aromatic rings. The zero-order valence-electron chi connectivity index (χ0n) is 43.4. The molecule has 6 aliphatic rings. The summed E-state index contributed by atoms with van der Waals surface area (Å²) >= 11 is 0. The summed E-state index contributed by atoms with van der Waals surface area (Å²) in [4.78, 5) is 40.7. The number of anilines is 4. The maximum absolute atomic E-state index is 15.4. The van der Waals surface area contributed by atoms with Crippen molar-refractivity contribution in [1.29, 1.82) is 0 Å².